The molecule has 0 bridgehead atoms. The molecule has 1 fully saturated rings. The van der Waals surface area contributed by atoms with Crippen LogP contribution in [-0.4, -0.2) is 25.1 Å². The van der Waals surface area contributed by atoms with E-state index in [1.54, 1.807) is 7.11 Å². The number of benzene rings is 2. The van der Waals surface area contributed by atoms with Crippen LogP contribution in [0.5, 0.6) is 5.75 Å². The number of rotatable bonds is 4. The molecule has 22 heavy (non-hydrogen) atoms. The third-order valence-electron chi connectivity index (χ3n) is 4.91. The molecule has 1 saturated heterocycles. The quantitative estimate of drug-likeness (QED) is 0.830. The Balaban J connectivity index is 1.99. The molecule has 3 atom stereocenters. The summed E-state index contributed by atoms with van der Waals surface area (Å²) in [6.45, 7) is 7.02. The second kappa shape index (κ2) is 6.53. The molecule has 2 heteroatoms. The lowest BCUT2D eigenvalue weighted by Crippen LogP contribution is -2.27. The van der Waals surface area contributed by atoms with Crippen molar-refractivity contribution in [2.75, 3.05) is 20.2 Å². The van der Waals surface area contributed by atoms with Crippen molar-refractivity contribution in [1.82, 2.24) is 4.90 Å². The number of hydrogen-bond donors (Lipinski definition) is 0. The maximum absolute atomic E-state index is 5.43. The predicted octanol–water partition coefficient (Wildman–Crippen LogP) is 4.37. The van der Waals surface area contributed by atoms with Crippen molar-refractivity contribution in [1.29, 1.82) is 0 Å². The van der Waals surface area contributed by atoms with Gasteiger partial charge < -0.3 is 4.74 Å². The van der Waals surface area contributed by atoms with E-state index in [1.165, 1.54) is 11.1 Å². The molecule has 0 radical (unpaired) electrons. The van der Waals surface area contributed by atoms with Crippen LogP contribution >= 0.6 is 0 Å². The fraction of sp³-hybridized carbons (Fsp3) is 0.400. The van der Waals surface area contributed by atoms with Gasteiger partial charge in [-0.05, 0) is 35.1 Å². The summed E-state index contributed by atoms with van der Waals surface area (Å²) in [5, 5.41) is 0. The first-order chi connectivity index (χ1) is 10.7. The Morgan fingerprint density at radius 3 is 2.18 bits per heavy atom. The van der Waals surface area contributed by atoms with Crippen molar-refractivity contribution < 1.29 is 4.74 Å². The third-order valence-corrected chi connectivity index (χ3v) is 4.91. The first-order valence-electron chi connectivity index (χ1n) is 8.12. The van der Waals surface area contributed by atoms with E-state index in [1.807, 2.05) is 6.07 Å². The highest BCUT2D eigenvalue weighted by molar-refractivity contribution is 5.37. The zero-order valence-corrected chi connectivity index (χ0v) is 13.7. The summed E-state index contributed by atoms with van der Waals surface area (Å²) in [7, 11) is 1.73. The van der Waals surface area contributed by atoms with E-state index >= 15 is 0 Å². The number of methoxy groups -OCH3 is 1. The van der Waals surface area contributed by atoms with Gasteiger partial charge in [0.1, 0.15) is 5.75 Å². The minimum atomic E-state index is 0.309. The SMILES string of the molecule is COc1cccc(C(c2ccccc2)N2CC(C)C(C)C2)c1. The van der Waals surface area contributed by atoms with Gasteiger partial charge in [0.2, 0.25) is 0 Å². The fourth-order valence-corrected chi connectivity index (χ4v) is 3.45. The van der Waals surface area contributed by atoms with Gasteiger partial charge in [-0.25, -0.2) is 0 Å². The molecule has 0 aromatic heterocycles. The smallest absolute Gasteiger partial charge is 0.119 e. The molecule has 3 rings (SSSR count). The minimum Gasteiger partial charge on any atom is -0.497 e. The second-order valence-corrected chi connectivity index (χ2v) is 6.50. The molecule has 1 aliphatic rings. The molecule has 1 heterocycles. The summed E-state index contributed by atoms with van der Waals surface area (Å²) in [5.41, 5.74) is 2.67. The van der Waals surface area contributed by atoms with E-state index in [0.717, 1.165) is 30.7 Å². The highest BCUT2D eigenvalue weighted by atomic mass is 16.5. The van der Waals surface area contributed by atoms with Crippen molar-refractivity contribution in [3.8, 4) is 5.75 Å². The van der Waals surface area contributed by atoms with Crippen molar-refractivity contribution in [3.63, 3.8) is 0 Å². The van der Waals surface area contributed by atoms with Crippen LogP contribution in [0.25, 0.3) is 0 Å². The largest absolute Gasteiger partial charge is 0.497 e. The Kier molecular flexibility index (Phi) is 4.49. The lowest BCUT2D eigenvalue weighted by Gasteiger charge is -2.29. The van der Waals surface area contributed by atoms with Gasteiger partial charge in [-0.2, -0.15) is 0 Å². The average Bonchev–Trinajstić information content (AvgIpc) is 2.88. The van der Waals surface area contributed by atoms with Gasteiger partial charge >= 0.3 is 0 Å². The predicted molar refractivity (Wildman–Crippen MR) is 91.2 cm³/mol. The summed E-state index contributed by atoms with van der Waals surface area (Å²) in [4.78, 5) is 2.61. The molecular formula is C20H25NO. The molecule has 0 spiro atoms. The third kappa shape index (κ3) is 3.02. The molecule has 0 amide bonds. The van der Waals surface area contributed by atoms with Crippen LogP contribution < -0.4 is 4.74 Å². The zero-order valence-electron chi connectivity index (χ0n) is 13.7. The first kappa shape index (κ1) is 15.1. The van der Waals surface area contributed by atoms with Gasteiger partial charge in [0.15, 0.2) is 0 Å². The van der Waals surface area contributed by atoms with Gasteiger partial charge in [0.25, 0.3) is 0 Å². The van der Waals surface area contributed by atoms with Gasteiger partial charge in [0, 0.05) is 13.1 Å². The van der Waals surface area contributed by atoms with Crippen LogP contribution in [0.2, 0.25) is 0 Å². The Bertz CT molecular complexity index is 600. The van der Waals surface area contributed by atoms with E-state index in [4.69, 9.17) is 4.74 Å². The highest BCUT2D eigenvalue weighted by Crippen LogP contribution is 2.36. The Morgan fingerprint density at radius 1 is 0.909 bits per heavy atom. The molecule has 0 aliphatic carbocycles. The van der Waals surface area contributed by atoms with Crippen LogP contribution in [0, 0.1) is 11.8 Å². The standard InChI is InChI=1S/C20H25NO/c1-15-13-21(14-16(15)2)20(17-8-5-4-6-9-17)18-10-7-11-19(12-18)22-3/h4-12,15-16,20H,13-14H2,1-3H3. The van der Waals surface area contributed by atoms with Crippen molar-refractivity contribution in [2.45, 2.75) is 19.9 Å². The Hall–Kier alpha value is -1.80. The molecule has 3 unspecified atom stereocenters. The van der Waals surface area contributed by atoms with Crippen molar-refractivity contribution in [2.24, 2.45) is 11.8 Å². The maximum atomic E-state index is 5.43. The lowest BCUT2D eigenvalue weighted by atomic mass is 9.97. The van der Waals surface area contributed by atoms with Gasteiger partial charge in [0.05, 0.1) is 13.2 Å². The number of hydrogen-bond acceptors (Lipinski definition) is 2. The van der Waals surface area contributed by atoms with Crippen LogP contribution in [-0.2, 0) is 0 Å². The van der Waals surface area contributed by atoms with Crippen LogP contribution in [0.15, 0.2) is 54.6 Å². The normalized spacial score (nSPS) is 23.4. The van der Waals surface area contributed by atoms with E-state index < -0.39 is 0 Å². The number of likely N-dealkylation sites (tertiary alicyclic amines) is 1. The van der Waals surface area contributed by atoms with E-state index in [0.29, 0.717) is 6.04 Å². The first-order valence-corrected chi connectivity index (χ1v) is 8.12. The van der Waals surface area contributed by atoms with Gasteiger partial charge in [-0.3, -0.25) is 4.90 Å². The summed E-state index contributed by atoms with van der Waals surface area (Å²) in [5.74, 6) is 2.42. The van der Waals surface area contributed by atoms with E-state index in [9.17, 15) is 0 Å². The second-order valence-electron chi connectivity index (χ2n) is 6.50. The molecule has 116 valence electrons. The molecule has 1 aliphatic heterocycles. The summed E-state index contributed by atoms with van der Waals surface area (Å²) in [6, 6.07) is 19.6. The fourth-order valence-electron chi connectivity index (χ4n) is 3.45. The van der Waals surface area contributed by atoms with Crippen molar-refractivity contribution >= 4 is 0 Å². The number of ether oxygens (including phenoxy) is 1. The van der Waals surface area contributed by atoms with E-state index in [-0.39, 0.29) is 0 Å². The summed E-state index contributed by atoms with van der Waals surface area (Å²) < 4.78 is 5.43. The van der Waals surface area contributed by atoms with Crippen LogP contribution in [0.1, 0.15) is 31.0 Å². The molecule has 0 N–H and O–H groups in total. The highest BCUT2D eigenvalue weighted by Gasteiger charge is 2.32. The summed E-state index contributed by atoms with van der Waals surface area (Å²) >= 11 is 0. The van der Waals surface area contributed by atoms with Crippen LogP contribution in [0.4, 0.5) is 0 Å². The lowest BCUT2D eigenvalue weighted by molar-refractivity contribution is 0.267. The van der Waals surface area contributed by atoms with E-state index in [2.05, 4.69) is 67.3 Å². The molecular weight excluding hydrogens is 270 g/mol. The van der Waals surface area contributed by atoms with Crippen LogP contribution in [0.3, 0.4) is 0 Å². The topological polar surface area (TPSA) is 12.5 Å². The Labute approximate surface area is 133 Å². The van der Waals surface area contributed by atoms with Gasteiger partial charge in [-0.1, -0.05) is 56.3 Å². The molecule has 0 saturated carbocycles. The monoisotopic (exact) mass is 295 g/mol. The summed E-state index contributed by atoms with van der Waals surface area (Å²) in [6.07, 6.45) is 0. The molecule has 2 nitrogen and oxygen atoms in total. The molecule has 2 aromatic carbocycles. The Morgan fingerprint density at radius 2 is 1.55 bits per heavy atom. The maximum Gasteiger partial charge on any atom is 0.119 e. The average molecular weight is 295 g/mol. The minimum absolute atomic E-state index is 0.309. The number of nitrogens with zero attached hydrogens (tertiary/aromatic N) is 1. The molecule has 2 aromatic rings. The van der Waals surface area contributed by atoms with Crippen molar-refractivity contribution in [3.05, 3.63) is 65.7 Å². The van der Waals surface area contributed by atoms with Gasteiger partial charge in [-0.15, -0.1) is 0 Å². The zero-order chi connectivity index (χ0) is 15.5.